The van der Waals surface area contributed by atoms with E-state index in [1.807, 2.05) is 6.92 Å². The third kappa shape index (κ3) is 5.43. The fraction of sp³-hybridized carbons (Fsp3) is 0.867. The summed E-state index contributed by atoms with van der Waals surface area (Å²) in [6, 6.07) is 0. The SMILES string of the molecule is CC(=O)O[C@H](C)[C@H]1CC(CCO[Si](C)(C)C(C)(C)C)=NO1. The van der Waals surface area contributed by atoms with Gasteiger partial charge in [0.2, 0.25) is 0 Å². The molecule has 0 aromatic carbocycles. The van der Waals surface area contributed by atoms with E-state index in [4.69, 9.17) is 14.0 Å². The molecule has 1 rings (SSSR count). The summed E-state index contributed by atoms with van der Waals surface area (Å²) in [6.07, 6.45) is 1.03. The summed E-state index contributed by atoms with van der Waals surface area (Å²) in [6.45, 7) is 15.1. The highest BCUT2D eigenvalue weighted by Crippen LogP contribution is 2.36. The highest BCUT2D eigenvalue weighted by molar-refractivity contribution is 6.74. The van der Waals surface area contributed by atoms with Crippen molar-refractivity contribution in [1.29, 1.82) is 0 Å². The second-order valence-electron chi connectivity index (χ2n) is 7.18. The molecule has 5 nitrogen and oxygen atoms in total. The maximum absolute atomic E-state index is 10.9. The van der Waals surface area contributed by atoms with Gasteiger partial charge in [-0.3, -0.25) is 4.79 Å². The Morgan fingerprint density at radius 3 is 2.62 bits per heavy atom. The molecule has 0 saturated carbocycles. The zero-order chi connectivity index (χ0) is 16.3. The van der Waals surface area contributed by atoms with Crippen molar-refractivity contribution < 1.29 is 18.8 Å². The Hall–Kier alpha value is -0.883. The molecular formula is C15H29NO4Si. The largest absolute Gasteiger partial charge is 0.459 e. The Morgan fingerprint density at radius 1 is 1.48 bits per heavy atom. The lowest BCUT2D eigenvalue weighted by atomic mass is 10.1. The monoisotopic (exact) mass is 315 g/mol. The number of hydrogen-bond acceptors (Lipinski definition) is 5. The molecule has 0 radical (unpaired) electrons. The average Bonchev–Trinajstić information content (AvgIpc) is 2.75. The van der Waals surface area contributed by atoms with Gasteiger partial charge < -0.3 is 14.0 Å². The third-order valence-electron chi connectivity index (χ3n) is 4.29. The quantitative estimate of drug-likeness (QED) is 0.556. The van der Waals surface area contributed by atoms with E-state index in [1.165, 1.54) is 6.92 Å². The molecule has 0 N–H and O–H groups in total. The summed E-state index contributed by atoms with van der Waals surface area (Å²) in [5.41, 5.74) is 0.984. The second kappa shape index (κ2) is 6.92. The van der Waals surface area contributed by atoms with Crippen molar-refractivity contribution in [3.05, 3.63) is 0 Å². The number of ether oxygens (including phenoxy) is 1. The van der Waals surface area contributed by atoms with Crippen molar-refractivity contribution in [2.24, 2.45) is 5.16 Å². The Labute approximate surface area is 129 Å². The number of hydrogen-bond donors (Lipinski definition) is 0. The van der Waals surface area contributed by atoms with Crippen LogP contribution in [0.1, 0.15) is 47.5 Å². The van der Waals surface area contributed by atoms with Crippen LogP contribution in [0, 0.1) is 0 Å². The Kier molecular flexibility index (Phi) is 5.98. The summed E-state index contributed by atoms with van der Waals surface area (Å²) >= 11 is 0. The molecule has 0 saturated heterocycles. The fourth-order valence-corrected chi connectivity index (χ4v) is 2.87. The zero-order valence-electron chi connectivity index (χ0n) is 14.4. The van der Waals surface area contributed by atoms with Gasteiger partial charge in [0.25, 0.3) is 0 Å². The molecule has 0 amide bonds. The lowest BCUT2D eigenvalue weighted by Crippen LogP contribution is -2.41. The van der Waals surface area contributed by atoms with E-state index in [2.05, 4.69) is 39.0 Å². The van der Waals surface area contributed by atoms with Gasteiger partial charge in [0.05, 0.1) is 5.71 Å². The molecule has 1 aliphatic heterocycles. The summed E-state index contributed by atoms with van der Waals surface area (Å²) in [7, 11) is -1.70. The Bertz CT molecular complexity index is 401. The number of esters is 1. The number of rotatable bonds is 6. The summed E-state index contributed by atoms with van der Waals surface area (Å²) in [4.78, 5) is 16.3. The van der Waals surface area contributed by atoms with Crippen LogP contribution in [0.3, 0.4) is 0 Å². The maximum atomic E-state index is 10.9. The molecule has 0 aromatic rings. The molecule has 0 aromatic heterocycles. The van der Waals surface area contributed by atoms with Crippen LogP contribution >= 0.6 is 0 Å². The van der Waals surface area contributed by atoms with Gasteiger partial charge in [-0.15, -0.1) is 0 Å². The second-order valence-corrected chi connectivity index (χ2v) is 12.0. The van der Waals surface area contributed by atoms with Gasteiger partial charge in [0.15, 0.2) is 14.4 Å². The van der Waals surface area contributed by atoms with E-state index >= 15 is 0 Å². The van der Waals surface area contributed by atoms with Gasteiger partial charge in [-0.2, -0.15) is 0 Å². The molecule has 0 unspecified atom stereocenters. The van der Waals surface area contributed by atoms with Crippen LogP contribution in [-0.4, -0.2) is 38.8 Å². The topological polar surface area (TPSA) is 57.1 Å². The van der Waals surface area contributed by atoms with E-state index in [1.54, 1.807) is 0 Å². The number of oxime groups is 1. The molecule has 1 aliphatic rings. The van der Waals surface area contributed by atoms with E-state index in [0.29, 0.717) is 13.0 Å². The predicted octanol–water partition coefficient (Wildman–Crippen LogP) is 3.49. The molecular weight excluding hydrogens is 286 g/mol. The van der Waals surface area contributed by atoms with Crippen molar-refractivity contribution >= 4 is 20.0 Å². The first-order chi connectivity index (χ1) is 9.53. The summed E-state index contributed by atoms with van der Waals surface area (Å²) < 4.78 is 11.3. The molecule has 1 heterocycles. The van der Waals surface area contributed by atoms with Gasteiger partial charge in [-0.1, -0.05) is 25.9 Å². The third-order valence-corrected chi connectivity index (χ3v) is 8.83. The number of carbonyl (C=O) groups excluding carboxylic acids is 1. The molecule has 0 aliphatic carbocycles. The molecule has 122 valence electrons. The van der Waals surface area contributed by atoms with Crippen LogP contribution in [0.15, 0.2) is 5.16 Å². The number of nitrogens with zero attached hydrogens (tertiary/aromatic N) is 1. The highest BCUT2D eigenvalue weighted by Gasteiger charge is 2.37. The van der Waals surface area contributed by atoms with Crippen molar-refractivity contribution in [2.75, 3.05) is 6.61 Å². The predicted molar refractivity (Wildman–Crippen MR) is 85.9 cm³/mol. The van der Waals surface area contributed by atoms with Gasteiger partial charge >= 0.3 is 5.97 Å². The molecule has 0 bridgehead atoms. The molecule has 0 spiro atoms. The first-order valence-corrected chi connectivity index (χ1v) is 10.5. The van der Waals surface area contributed by atoms with Crippen LogP contribution < -0.4 is 0 Å². The van der Waals surface area contributed by atoms with Crippen molar-refractivity contribution in [3.8, 4) is 0 Å². The van der Waals surface area contributed by atoms with Crippen LogP contribution in [-0.2, 0) is 18.8 Å². The fourth-order valence-electron chi connectivity index (χ4n) is 1.83. The van der Waals surface area contributed by atoms with E-state index < -0.39 is 8.32 Å². The Balaban J connectivity index is 2.34. The first-order valence-electron chi connectivity index (χ1n) is 7.55. The first kappa shape index (κ1) is 18.2. The minimum Gasteiger partial charge on any atom is -0.459 e. The normalized spacial score (nSPS) is 20.7. The van der Waals surface area contributed by atoms with Crippen LogP contribution in [0.4, 0.5) is 0 Å². The number of carbonyl (C=O) groups is 1. The maximum Gasteiger partial charge on any atom is 0.303 e. The highest BCUT2D eigenvalue weighted by atomic mass is 28.4. The molecule has 6 heteroatoms. The van der Waals surface area contributed by atoms with E-state index in [0.717, 1.165) is 12.1 Å². The van der Waals surface area contributed by atoms with Crippen LogP contribution in [0.2, 0.25) is 18.1 Å². The van der Waals surface area contributed by atoms with E-state index in [9.17, 15) is 4.79 Å². The zero-order valence-corrected chi connectivity index (χ0v) is 15.4. The van der Waals surface area contributed by atoms with Gasteiger partial charge in [0, 0.05) is 26.4 Å². The van der Waals surface area contributed by atoms with Crippen molar-refractivity contribution in [2.45, 2.75) is 77.8 Å². The van der Waals surface area contributed by atoms with Gasteiger partial charge in [-0.25, -0.2) is 0 Å². The minimum atomic E-state index is -1.70. The standard InChI is InChI=1S/C15H29NO4Si/c1-11(19-12(2)17)14-10-13(16-20-14)8-9-18-21(6,7)15(3,4)5/h11,14H,8-10H2,1-7H3/t11-,14-/m1/s1. The van der Waals surface area contributed by atoms with Crippen molar-refractivity contribution in [1.82, 2.24) is 0 Å². The Morgan fingerprint density at radius 2 is 2.10 bits per heavy atom. The minimum absolute atomic E-state index is 0.170. The molecule has 21 heavy (non-hydrogen) atoms. The average molecular weight is 315 g/mol. The van der Waals surface area contributed by atoms with Crippen LogP contribution in [0.5, 0.6) is 0 Å². The van der Waals surface area contributed by atoms with E-state index in [-0.39, 0.29) is 23.2 Å². The lowest BCUT2D eigenvalue weighted by Gasteiger charge is -2.36. The smallest absolute Gasteiger partial charge is 0.303 e. The summed E-state index contributed by atoms with van der Waals surface area (Å²) in [5.74, 6) is -0.291. The summed E-state index contributed by atoms with van der Waals surface area (Å²) in [5, 5.41) is 4.30. The van der Waals surface area contributed by atoms with Crippen molar-refractivity contribution in [3.63, 3.8) is 0 Å². The van der Waals surface area contributed by atoms with Crippen LogP contribution in [0.25, 0.3) is 0 Å². The van der Waals surface area contributed by atoms with Gasteiger partial charge in [0.1, 0.15) is 6.10 Å². The van der Waals surface area contributed by atoms with Gasteiger partial charge in [-0.05, 0) is 25.1 Å². The molecule has 2 atom stereocenters. The molecule has 0 fully saturated rings. The lowest BCUT2D eigenvalue weighted by molar-refractivity contribution is -0.152.